The van der Waals surface area contributed by atoms with Gasteiger partial charge in [-0.3, -0.25) is 9.69 Å². The molecule has 1 aliphatic heterocycles. The Labute approximate surface area is 237 Å². The van der Waals surface area contributed by atoms with Crippen LogP contribution in [0.15, 0.2) is 23.3 Å². The predicted octanol–water partition coefficient (Wildman–Crippen LogP) is 4.55. The molecule has 1 aromatic carbocycles. The highest BCUT2D eigenvalue weighted by Gasteiger charge is 2.34. The van der Waals surface area contributed by atoms with Crippen LogP contribution < -0.4 is 15.6 Å². The Morgan fingerprint density at radius 2 is 1.77 bits per heavy atom. The molecule has 1 unspecified atom stereocenters. The number of hydrogen-bond donors (Lipinski definition) is 2. The monoisotopic (exact) mass is 584 g/mol. The Hall–Kier alpha value is -3.55. The molecule has 0 saturated carbocycles. The van der Waals surface area contributed by atoms with Crippen molar-refractivity contribution in [2.24, 2.45) is 5.10 Å². The molecule has 0 radical (unpaired) electrons. The standard InChI is InChI=1S/C26H37FN4O8S/c1-9-19(21(32)36-8)40-20(29-30-23(34)39-26(5,6)7)17-11-10-15(12-18(17)27)31-14-16(37-24(31)35)13-28-22(33)38-25(2,3)4/h10-12,16,19H,9,13-14H2,1-8H3,(H,28,33)(H,30,34)/b29-20-/t16-,19?/m0/s1. The van der Waals surface area contributed by atoms with E-state index in [1.54, 1.807) is 48.5 Å². The molecular formula is C26H37FN4O8S. The molecule has 1 fully saturated rings. The number of nitrogens with one attached hydrogen (secondary N) is 2. The first kappa shape index (κ1) is 32.7. The van der Waals surface area contributed by atoms with Gasteiger partial charge in [-0.2, -0.15) is 5.10 Å². The highest BCUT2D eigenvalue weighted by Crippen LogP contribution is 2.28. The minimum atomic E-state index is -0.861. The van der Waals surface area contributed by atoms with Crippen LogP contribution in [0.3, 0.4) is 0 Å². The van der Waals surface area contributed by atoms with E-state index in [9.17, 15) is 19.2 Å². The van der Waals surface area contributed by atoms with Crippen molar-refractivity contribution in [3.05, 3.63) is 29.6 Å². The molecule has 1 aliphatic rings. The fourth-order valence-electron chi connectivity index (χ4n) is 3.31. The van der Waals surface area contributed by atoms with E-state index < -0.39 is 52.6 Å². The van der Waals surface area contributed by atoms with E-state index in [0.717, 1.165) is 17.8 Å². The second kappa shape index (κ2) is 13.7. The topological polar surface area (TPSA) is 145 Å². The van der Waals surface area contributed by atoms with E-state index >= 15 is 4.39 Å². The van der Waals surface area contributed by atoms with E-state index in [1.165, 1.54) is 24.1 Å². The quantitative estimate of drug-likeness (QED) is 0.148. The van der Waals surface area contributed by atoms with Crippen molar-refractivity contribution in [2.45, 2.75) is 77.4 Å². The zero-order valence-corrected chi connectivity index (χ0v) is 24.8. The second-order valence-electron chi connectivity index (χ2n) is 10.7. The van der Waals surface area contributed by atoms with Crippen LogP contribution in [0.4, 0.5) is 24.5 Å². The number of cyclic esters (lactones) is 1. The number of ether oxygens (including phenoxy) is 4. The van der Waals surface area contributed by atoms with Crippen LogP contribution in [0.1, 0.15) is 60.5 Å². The number of amides is 3. The third-order valence-corrected chi connectivity index (χ3v) is 6.32. The SMILES string of the molecule is CCC(S/C(=N\NC(=O)OC(C)(C)C)c1ccc(N2C[C@H](CNC(=O)OC(C)(C)C)OC2=O)cc1F)C(=O)OC. The van der Waals surface area contributed by atoms with Crippen molar-refractivity contribution in [3.63, 3.8) is 0 Å². The van der Waals surface area contributed by atoms with Crippen LogP contribution >= 0.6 is 11.8 Å². The molecule has 40 heavy (non-hydrogen) atoms. The number of carbonyl (C=O) groups excluding carboxylic acids is 4. The van der Waals surface area contributed by atoms with Gasteiger partial charge in [-0.15, -0.1) is 0 Å². The Balaban J connectivity index is 2.23. The summed E-state index contributed by atoms with van der Waals surface area (Å²) in [4.78, 5) is 49.9. The summed E-state index contributed by atoms with van der Waals surface area (Å²) in [6.45, 7) is 12.0. The number of esters is 1. The molecule has 0 bridgehead atoms. The van der Waals surface area contributed by atoms with Crippen molar-refractivity contribution in [1.82, 2.24) is 10.7 Å². The number of halogens is 1. The first-order valence-electron chi connectivity index (χ1n) is 12.6. The lowest BCUT2D eigenvalue weighted by molar-refractivity contribution is -0.140. The number of carbonyl (C=O) groups is 4. The van der Waals surface area contributed by atoms with Crippen molar-refractivity contribution in [2.75, 3.05) is 25.1 Å². The van der Waals surface area contributed by atoms with Crippen molar-refractivity contribution in [3.8, 4) is 0 Å². The molecule has 3 amide bonds. The molecule has 1 aromatic rings. The van der Waals surface area contributed by atoms with Crippen LogP contribution in [0.5, 0.6) is 0 Å². The van der Waals surface area contributed by atoms with Gasteiger partial charge in [0, 0.05) is 5.56 Å². The first-order valence-corrected chi connectivity index (χ1v) is 13.5. The number of rotatable bonds is 8. The third-order valence-electron chi connectivity index (χ3n) is 4.98. The van der Waals surface area contributed by atoms with Crippen LogP contribution in [-0.4, -0.2) is 72.0 Å². The largest absolute Gasteiger partial charge is 0.468 e. The van der Waals surface area contributed by atoms with Crippen LogP contribution in [0.2, 0.25) is 0 Å². The van der Waals surface area contributed by atoms with E-state index in [4.69, 9.17) is 18.9 Å². The summed E-state index contributed by atoms with van der Waals surface area (Å²) < 4.78 is 35.9. The smallest absolute Gasteiger partial charge is 0.428 e. The van der Waals surface area contributed by atoms with Gasteiger partial charge in [-0.1, -0.05) is 18.7 Å². The number of alkyl carbamates (subject to hydrolysis) is 1. The fraction of sp³-hybridized carbons (Fsp3) is 0.577. The Morgan fingerprint density at radius 3 is 2.33 bits per heavy atom. The summed E-state index contributed by atoms with van der Waals surface area (Å²) in [6.07, 6.45) is -2.56. The van der Waals surface area contributed by atoms with Gasteiger partial charge in [0.2, 0.25) is 0 Å². The lowest BCUT2D eigenvalue weighted by Gasteiger charge is -2.20. The molecule has 1 heterocycles. The van der Waals surface area contributed by atoms with Gasteiger partial charge in [-0.05, 0) is 66.2 Å². The molecule has 1 saturated heterocycles. The Morgan fingerprint density at radius 1 is 1.15 bits per heavy atom. The maximum atomic E-state index is 15.4. The number of thioether (sulfide) groups is 1. The average Bonchev–Trinajstić information content (AvgIpc) is 3.21. The summed E-state index contributed by atoms with van der Waals surface area (Å²) in [5.74, 6) is -1.31. The molecule has 2 N–H and O–H groups in total. The van der Waals surface area contributed by atoms with Crippen LogP contribution in [0.25, 0.3) is 0 Å². The molecule has 14 heteroatoms. The van der Waals surface area contributed by atoms with Gasteiger partial charge in [-0.25, -0.2) is 24.2 Å². The number of hydrazone groups is 1. The van der Waals surface area contributed by atoms with Gasteiger partial charge >= 0.3 is 24.2 Å². The highest BCUT2D eigenvalue weighted by molar-refractivity contribution is 8.15. The van der Waals surface area contributed by atoms with Crippen molar-refractivity contribution < 1.29 is 42.5 Å². The number of benzene rings is 1. The lowest BCUT2D eigenvalue weighted by Crippen LogP contribution is -2.38. The zero-order chi connectivity index (χ0) is 30.3. The number of hydrogen-bond acceptors (Lipinski definition) is 10. The van der Waals surface area contributed by atoms with E-state index in [0.29, 0.717) is 6.42 Å². The van der Waals surface area contributed by atoms with E-state index in [2.05, 4.69) is 15.8 Å². The molecule has 0 aromatic heterocycles. The molecule has 12 nitrogen and oxygen atoms in total. The van der Waals surface area contributed by atoms with Gasteiger partial charge in [0.05, 0.1) is 25.9 Å². The Kier molecular flexibility index (Phi) is 11.2. The summed E-state index contributed by atoms with van der Waals surface area (Å²) >= 11 is 0.910. The van der Waals surface area contributed by atoms with Gasteiger partial charge in [0.15, 0.2) is 0 Å². The molecule has 222 valence electrons. The lowest BCUT2D eigenvalue weighted by atomic mass is 10.2. The van der Waals surface area contributed by atoms with Crippen LogP contribution in [0, 0.1) is 5.82 Å². The van der Waals surface area contributed by atoms with Crippen molar-refractivity contribution >= 4 is 46.7 Å². The van der Waals surface area contributed by atoms with E-state index in [1.807, 2.05) is 0 Å². The average molecular weight is 585 g/mol. The normalized spacial score (nSPS) is 16.6. The maximum absolute atomic E-state index is 15.4. The molecule has 0 spiro atoms. The highest BCUT2D eigenvalue weighted by atomic mass is 32.2. The molecule has 2 rings (SSSR count). The number of nitrogens with zero attached hydrogens (tertiary/aromatic N) is 2. The minimum absolute atomic E-state index is 0.00408. The first-order chi connectivity index (χ1) is 18.5. The molecule has 0 aliphatic carbocycles. The fourth-order valence-corrected chi connectivity index (χ4v) is 4.33. The van der Waals surface area contributed by atoms with E-state index in [-0.39, 0.29) is 29.4 Å². The number of anilines is 1. The third kappa shape index (κ3) is 10.2. The summed E-state index contributed by atoms with van der Waals surface area (Å²) in [5, 5.41) is 5.83. The van der Waals surface area contributed by atoms with Gasteiger partial charge in [0.25, 0.3) is 0 Å². The van der Waals surface area contributed by atoms with Gasteiger partial charge < -0.3 is 24.3 Å². The second-order valence-corrected chi connectivity index (χ2v) is 11.9. The maximum Gasteiger partial charge on any atom is 0.428 e. The van der Waals surface area contributed by atoms with Gasteiger partial charge in [0.1, 0.15) is 33.4 Å². The minimum Gasteiger partial charge on any atom is -0.468 e. The van der Waals surface area contributed by atoms with Crippen LogP contribution in [-0.2, 0) is 23.7 Å². The predicted molar refractivity (Wildman–Crippen MR) is 148 cm³/mol. The molecular weight excluding hydrogens is 547 g/mol. The summed E-state index contributed by atoms with van der Waals surface area (Å²) in [7, 11) is 1.24. The van der Waals surface area contributed by atoms with Crippen molar-refractivity contribution in [1.29, 1.82) is 0 Å². The Bertz CT molecular complexity index is 1130. The molecule has 2 atom stereocenters. The summed E-state index contributed by atoms with van der Waals surface area (Å²) in [5.41, 5.74) is 0.937. The zero-order valence-electron chi connectivity index (χ0n) is 24.0. The summed E-state index contributed by atoms with van der Waals surface area (Å²) in [6, 6.07) is 3.96. The number of methoxy groups -OCH3 is 1.